The smallest absolute Gasteiger partial charge is 0.407 e. The molecule has 0 aliphatic carbocycles. The number of amides is 2. The minimum absolute atomic E-state index is 0.238. The highest BCUT2D eigenvalue weighted by atomic mass is 16.6. The molecular weight excluding hydrogens is 492 g/mol. The molecule has 2 heterocycles. The normalized spacial score (nSPS) is 11.6. The van der Waals surface area contributed by atoms with E-state index in [-0.39, 0.29) is 30.5 Å². The van der Waals surface area contributed by atoms with Gasteiger partial charge in [0, 0.05) is 19.6 Å². The summed E-state index contributed by atoms with van der Waals surface area (Å²) in [5.74, 6) is -0.297. The van der Waals surface area contributed by atoms with Crippen LogP contribution in [-0.2, 0) is 22.6 Å². The van der Waals surface area contributed by atoms with Crippen molar-refractivity contribution in [2.75, 3.05) is 26.1 Å². The average molecular weight is 527 g/mol. The fourth-order valence-corrected chi connectivity index (χ4v) is 3.75. The summed E-state index contributed by atoms with van der Waals surface area (Å²) in [6, 6.07) is 4.83. The van der Waals surface area contributed by atoms with E-state index in [1.807, 2.05) is 19.9 Å². The van der Waals surface area contributed by atoms with Crippen LogP contribution in [0.15, 0.2) is 30.4 Å². The highest BCUT2D eigenvalue weighted by molar-refractivity contribution is 6.04. The summed E-state index contributed by atoms with van der Waals surface area (Å²) >= 11 is 0. The van der Waals surface area contributed by atoms with Crippen molar-refractivity contribution in [2.24, 2.45) is 0 Å². The van der Waals surface area contributed by atoms with Crippen LogP contribution in [0.25, 0.3) is 11.0 Å². The summed E-state index contributed by atoms with van der Waals surface area (Å²) in [6.45, 7) is 10.1. The maximum absolute atomic E-state index is 13.2. The molecule has 2 N–H and O–H groups in total. The minimum atomic E-state index is -0.595. The fourth-order valence-electron chi connectivity index (χ4n) is 3.75. The third-order valence-electron chi connectivity index (χ3n) is 5.33. The zero-order valence-electron chi connectivity index (χ0n) is 22.7. The Bertz CT molecular complexity index is 1360. The molecular formula is C26H34N6O6. The van der Waals surface area contributed by atoms with Gasteiger partial charge < -0.3 is 24.1 Å². The summed E-state index contributed by atoms with van der Waals surface area (Å²) in [7, 11) is 2.77. The second-order valence-electron chi connectivity index (χ2n) is 9.38. The number of anilines is 1. The monoisotopic (exact) mass is 526 g/mol. The number of nitrogens with zero attached hydrogens (tertiary/aromatic N) is 4. The number of aromatic nitrogens is 4. The maximum Gasteiger partial charge on any atom is 0.407 e. The lowest BCUT2D eigenvalue weighted by Gasteiger charge is -2.19. The van der Waals surface area contributed by atoms with E-state index in [1.54, 1.807) is 54.3 Å². The number of esters is 1. The number of hydrogen-bond acceptors (Lipinski definition) is 8. The number of fused-ring (bicyclic) bond motifs is 1. The number of rotatable bonds is 9. The van der Waals surface area contributed by atoms with E-state index in [9.17, 15) is 14.4 Å². The first kappa shape index (κ1) is 28.2. The molecule has 3 aromatic rings. The largest absolute Gasteiger partial charge is 0.494 e. The molecule has 0 spiro atoms. The molecule has 1 aromatic carbocycles. The van der Waals surface area contributed by atoms with E-state index in [0.29, 0.717) is 29.0 Å². The van der Waals surface area contributed by atoms with Gasteiger partial charge in [-0.2, -0.15) is 5.10 Å². The number of alkyl carbamates (subject to hydrolysis) is 1. The molecule has 0 saturated carbocycles. The molecule has 2 aromatic heterocycles. The number of benzene rings is 1. The Balaban J connectivity index is 1.94. The van der Waals surface area contributed by atoms with Crippen molar-refractivity contribution < 1.29 is 28.6 Å². The van der Waals surface area contributed by atoms with Crippen LogP contribution in [0.1, 0.15) is 54.2 Å². The molecule has 0 aliphatic heterocycles. The molecule has 0 aliphatic rings. The van der Waals surface area contributed by atoms with Crippen molar-refractivity contribution >= 4 is 35.0 Å². The predicted octanol–water partition coefficient (Wildman–Crippen LogP) is 3.69. The van der Waals surface area contributed by atoms with Crippen LogP contribution in [0.5, 0.6) is 5.75 Å². The third-order valence-corrected chi connectivity index (χ3v) is 5.33. The molecule has 12 heteroatoms. The molecule has 0 saturated heterocycles. The summed E-state index contributed by atoms with van der Waals surface area (Å²) in [6.07, 6.45) is 3.04. The van der Waals surface area contributed by atoms with Crippen LogP contribution in [0.3, 0.4) is 0 Å². The first-order chi connectivity index (χ1) is 18.0. The summed E-state index contributed by atoms with van der Waals surface area (Å²) in [4.78, 5) is 41.8. The van der Waals surface area contributed by atoms with Gasteiger partial charge >= 0.3 is 12.1 Å². The van der Waals surface area contributed by atoms with E-state index < -0.39 is 17.7 Å². The van der Waals surface area contributed by atoms with Crippen molar-refractivity contribution in [1.29, 1.82) is 0 Å². The second-order valence-corrected chi connectivity index (χ2v) is 9.38. The maximum atomic E-state index is 13.2. The molecule has 12 nitrogen and oxygen atoms in total. The Morgan fingerprint density at radius 2 is 1.84 bits per heavy atom. The molecule has 3 rings (SSSR count). The van der Waals surface area contributed by atoms with Crippen LogP contribution >= 0.6 is 0 Å². The van der Waals surface area contributed by atoms with E-state index in [2.05, 4.69) is 20.7 Å². The second kappa shape index (κ2) is 11.8. The number of nitrogens with one attached hydrogen (secondary N) is 2. The van der Waals surface area contributed by atoms with Gasteiger partial charge in [0.2, 0.25) is 5.95 Å². The third kappa shape index (κ3) is 6.69. The Morgan fingerprint density at radius 1 is 1.11 bits per heavy atom. The molecule has 2 amide bonds. The van der Waals surface area contributed by atoms with Gasteiger partial charge in [0.25, 0.3) is 5.91 Å². The summed E-state index contributed by atoms with van der Waals surface area (Å²) < 4.78 is 19.0. The van der Waals surface area contributed by atoms with Crippen molar-refractivity contribution in [1.82, 2.24) is 24.6 Å². The van der Waals surface area contributed by atoms with Crippen LogP contribution in [-0.4, -0.2) is 63.7 Å². The predicted molar refractivity (Wildman–Crippen MR) is 142 cm³/mol. The highest BCUT2D eigenvalue weighted by Crippen LogP contribution is 2.31. The standard InChI is InChI=1S/C26H34N6O6/c1-8-32-19(13-16(2)30-32)22(33)29-24-28-18-14-17(23(34)37-7)15-20(36-6)21(18)31(24)12-10-9-11-27-25(35)38-26(3,4)5/h9-10,13-15H,8,11-12H2,1-7H3,(H,27,35)(H,28,29,33)/b10-9+. The van der Waals surface area contributed by atoms with E-state index in [4.69, 9.17) is 14.2 Å². The average Bonchev–Trinajstić information content (AvgIpc) is 3.41. The quantitative estimate of drug-likeness (QED) is 0.318. The SMILES string of the molecule is CCn1nc(C)cc1C(=O)Nc1nc2cc(C(=O)OC)cc(OC)c2n1C/C=C/CNC(=O)OC(C)(C)C. The molecule has 0 atom stereocenters. The lowest BCUT2D eigenvalue weighted by atomic mass is 10.2. The zero-order valence-corrected chi connectivity index (χ0v) is 22.7. The molecule has 38 heavy (non-hydrogen) atoms. The van der Waals surface area contributed by atoms with Crippen LogP contribution in [0.4, 0.5) is 10.7 Å². The van der Waals surface area contributed by atoms with Crippen molar-refractivity contribution in [3.05, 3.63) is 47.3 Å². The number of ether oxygens (including phenoxy) is 3. The molecule has 204 valence electrons. The topological polar surface area (TPSA) is 139 Å². The number of carbonyl (C=O) groups excluding carboxylic acids is 3. The lowest BCUT2D eigenvalue weighted by molar-refractivity contribution is 0.0532. The van der Waals surface area contributed by atoms with Crippen molar-refractivity contribution in [3.8, 4) is 5.75 Å². The van der Waals surface area contributed by atoms with Crippen molar-refractivity contribution in [3.63, 3.8) is 0 Å². The lowest BCUT2D eigenvalue weighted by Crippen LogP contribution is -2.32. The molecule has 0 fully saturated rings. The van der Waals surface area contributed by atoms with Gasteiger partial charge in [0.1, 0.15) is 22.6 Å². The van der Waals surface area contributed by atoms with Gasteiger partial charge in [-0.15, -0.1) is 0 Å². The molecule has 0 unspecified atom stereocenters. The van der Waals surface area contributed by atoms with Gasteiger partial charge in [-0.1, -0.05) is 12.2 Å². The minimum Gasteiger partial charge on any atom is -0.494 e. The Labute approximate surface area is 220 Å². The van der Waals surface area contributed by atoms with Crippen LogP contribution in [0, 0.1) is 6.92 Å². The number of hydrogen-bond donors (Lipinski definition) is 2. The Kier molecular flexibility index (Phi) is 8.76. The molecule has 0 bridgehead atoms. The number of imidazole rings is 1. The molecule has 0 radical (unpaired) electrons. The first-order valence-corrected chi connectivity index (χ1v) is 12.1. The van der Waals surface area contributed by atoms with Gasteiger partial charge in [0.15, 0.2) is 0 Å². The van der Waals surface area contributed by atoms with E-state index in [1.165, 1.54) is 14.2 Å². The Hall–Kier alpha value is -4.35. The summed E-state index contributed by atoms with van der Waals surface area (Å²) in [5.41, 5.74) is 1.78. The van der Waals surface area contributed by atoms with Gasteiger partial charge in [-0.3, -0.25) is 14.8 Å². The van der Waals surface area contributed by atoms with Crippen LogP contribution in [0.2, 0.25) is 0 Å². The highest BCUT2D eigenvalue weighted by Gasteiger charge is 2.22. The van der Waals surface area contributed by atoms with Gasteiger partial charge in [0.05, 0.1) is 31.0 Å². The van der Waals surface area contributed by atoms with Crippen LogP contribution < -0.4 is 15.4 Å². The van der Waals surface area contributed by atoms with Gasteiger partial charge in [-0.05, 0) is 52.8 Å². The van der Waals surface area contributed by atoms with Crippen molar-refractivity contribution in [2.45, 2.75) is 53.3 Å². The van der Waals surface area contributed by atoms with E-state index >= 15 is 0 Å². The fraction of sp³-hybridized carbons (Fsp3) is 0.423. The van der Waals surface area contributed by atoms with E-state index in [0.717, 1.165) is 5.69 Å². The summed E-state index contributed by atoms with van der Waals surface area (Å²) in [5, 5.41) is 9.85. The first-order valence-electron chi connectivity index (χ1n) is 12.1. The number of carbonyl (C=O) groups is 3. The van der Waals surface area contributed by atoms with Gasteiger partial charge in [-0.25, -0.2) is 14.6 Å². The zero-order chi connectivity index (χ0) is 28.0. The number of methoxy groups -OCH3 is 2. The number of aryl methyl sites for hydroxylation is 2. The number of allylic oxidation sites excluding steroid dienone is 1. The Morgan fingerprint density at radius 3 is 2.47 bits per heavy atom.